The van der Waals surface area contributed by atoms with Gasteiger partial charge in [-0.2, -0.15) is 0 Å². The highest BCUT2D eigenvalue weighted by Crippen LogP contribution is 2.06. The van der Waals surface area contributed by atoms with E-state index in [1.165, 1.54) is 0 Å². The minimum absolute atomic E-state index is 0.409. The molecule has 94 valence electrons. The van der Waals surface area contributed by atoms with E-state index in [-0.39, 0.29) is 0 Å². The molecule has 0 aliphatic rings. The normalized spacial score (nSPS) is 10.6. The van der Waals surface area contributed by atoms with Crippen molar-refractivity contribution in [2.75, 3.05) is 26.2 Å². The molecule has 0 fully saturated rings. The van der Waals surface area contributed by atoms with Gasteiger partial charge in [-0.05, 0) is 19.2 Å². The monoisotopic (exact) mass is 237 g/mol. The van der Waals surface area contributed by atoms with Crippen LogP contribution in [0.15, 0.2) is 24.3 Å². The first-order valence-electron chi connectivity index (χ1n) is 5.99. The number of hydrogen-bond acceptors (Lipinski definition) is 4. The SMILES string of the molecule is CCN(CC)CCOc1ccccc1B(O)O. The summed E-state index contributed by atoms with van der Waals surface area (Å²) in [5.74, 6) is 0.537. The number of nitrogens with zero attached hydrogens (tertiary/aromatic N) is 1. The molecule has 1 rings (SSSR count). The standard InChI is InChI=1S/C12H20BNO3/c1-3-14(4-2)9-10-17-12-8-6-5-7-11(12)13(15)16/h5-8,15-16H,3-4,9-10H2,1-2H3. The highest BCUT2D eigenvalue weighted by molar-refractivity contribution is 6.59. The van der Waals surface area contributed by atoms with Gasteiger partial charge < -0.3 is 19.7 Å². The number of rotatable bonds is 7. The zero-order chi connectivity index (χ0) is 12.7. The summed E-state index contributed by atoms with van der Waals surface area (Å²) in [7, 11) is -1.49. The summed E-state index contributed by atoms with van der Waals surface area (Å²) >= 11 is 0. The Balaban J connectivity index is 2.51. The Kier molecular flexibility index (Phi) is 6.04. The highest BCUT2D eigenvalue weighted by atomic mass is 16.5. The summed E-state index contributed by atoms with van der Waals surface area (Å²) in [6.45, 7) is 7.58. The van der Waals surface area contributed by atoms with Crippen LogP contribution in [0.25, 0.3) is 0 Å². The Morgan fingerprint density at radius 1 is 1.18 bits per heavy atom. The van der Waals surface area contributed by atoms with Crippen LogP contribution in [0.3, 0.4) is 0 Å². The van der Waals surface area contributed by atoms with Gasteiger partial charge in [0, 0.05) is 12.0 Å². The van der Waals surface area contributed by atoms with Crippen molar-refractivity contribution >= 4 is 12.6 Å². The molecule has 0 bridgehead atoms. The van der Waals surface area contributed by atoms with Crippen molar-refractivity contribution in [3.05, 3.63) is 24.3 Å². The van der Waals surface area contributed by atoms with E-state index in [4.69, 9.17) is 4.74 Å². The van der Waals surface area contributed by atoms with Gasteiger partial charge in [-0.25, -0.2) is 0 Å². The Bertz CT molecular complexity index is 329. The number of para-hydroxylation sites is 1. The fraction of sp³-hybridized carbons (Fsp3) is 0.500. The molecule has 0 unspecified atom stereocenters. The maximum absolute atomic E-state index is 9.17. The Morgan fingerprint density at radius 3 is 2.41 bits per heavy atom. The first-order chi connectivity index (χ1) is 8.19. The van der Waals surface area contributed by atoms with Gasteiger partial charge in [0.15, 0.2) is 0 Å². The van der Waals surface area contributed by atoms with Gasteiger partial charge in [0.05, 0.1) is 0 Å². The molecule has 0 aliphatic heterocycles. The Hall–Kier alpha value is -1.04. The van der Waals surface area contributed by atoms with Crippen LogP contribution in [0.1, 0.15) is 13.8 Å². The zero-order valence-corrected chi connectivity index (χ0v) is 10.5. The molecule has 0 amide bonds. The van der Waals surface area contributed by atoms with Crippen LogP contribution in [0.2, 0.25) is 0 Å². The maximum atomic E-state index is 9.17. The van der Waals surface area contributed by atoms with E-state index < -0.39 is 7.12 Å². The third kappa shape index (κ3) is 4.38. The fourth-order valence-corrected chi connectivity index (χ4v) is 1.65. The molecular weight excluding hydrogens is 217 g/mol. The predicted molar refractivity (Wildman–Crippen MR) is 69.6 cm³/mol. The minimum Gasteiger partial charge on any atom is -0.493 e. The second-order valence-electron chi connectivity index (χ2n) is 3.79. The molecule has 0 atom stereocenters. The molecule has 5 heteroatoms. The van der Waals surface area contributed by atoms with Gasteiger partial charge in [0.25, 0.3) is 0 Å². The quantitative estimate of drug-likeness (QED) is 0.660. The van der Waals surface area contributed by atoms with Crippen LogP contribution in [-0.4, -0.2) is 48.3 Å². The molecule has 0 radical (unpaired) electrons. The predicted octanol–water partition coefficient (Wildman–Crippen LogP) is 0.0870. The number of likely N-dealkylation sites (N-methyl/N-ethyl adjacent to an activating group) is 1. The molecule has 0 spiro atoms. The summed E-state index contributed by atoms with van der Waals surface area (Å²) in [6, 6.07) is 6.97. The topological polar surface area (TPSA) is 52.9 Å². The van der Waals surface area contributed by atoms with Crippen LogP contribution in [0, 0.1) is 0 Å². The van der Waals surface area contributed by atoms with E-state index in [1.807, 2.05) is 6.07 Å². The molecule has 4 nitrogen and oxygen atoms in total. The van der Waals surface area contributed by atoms with E-state index in [2.05, 4.69) is 18.7 Å². The minimum atomic E-state index is -1.49. The fourth-order valence-electron chi connectivity index (χ4n) is 1.65. The Morgan fingerprint density at radius 2 is 1.82 bits per heavy atom. The Labute approximate surface area is 103 Å². The van der Waals surface area contributed by atoms with E-state index in [1.54, 1.807) is 18.2 Å². The van der Waals surface area contributed by atoms with Gasteiger partial charge in [0.1, 0.15) is 12.4 Å². The van der Waals surface area contributed by atoms with Gasteiger partial charge in [-0.3, -0.25) is 0 Å². The van der Waals surface area contributed by atoms with Crippen LogP contribution < -0.4 is 10.2 Å². The lowest BCUT2D eigenvalue weighted by molar-refractivity contribution is 0.223. The van der Waals surface area contributed by atoms with Crippen molar-refractivity contribution in [1.29, 1.82) is 0 Å². The van der Waals surface area contributed by atoms with Gasteiger partial charge in [-0.1, -0.05) is 32.0 Å². The van der Waals surface area contributed by atoms with E-state index in [0.29, 0.717) is 17.8 Å². The number of ether oxygens (including phenoxy) is 1. The van der Waals surface area contributed by atoms with Gasteiger partial charge in [0.2, 0.25) is 0 Å². The summed E-state index contributed by atoms with van der Waals surface area (Å²) in [5, 5.41) is 18.3. The van der Waals surface area contributed by atoms with Crippen molar-refractivity contribution in [3.8, 4) is 5.75 Å². The molecule has 17 heavy (non-hydrogen) atoms. The van der Waals surface area contributed by atoms with Crippen LogP contribution >= 0.6 is 0 Å². The first kappa shape index (κ1) is 14.0. The molecule has 0 aromatic heterocycles. The summed E-state index contributed by atoms with van der Waals surface area (Å²) in [4.78, 5) is 2.25. The molecule has 2 N–H and O–H groups in total. The molecule has 0 saturated carbocycles. The lowest BCUT2D eigenvalue weighted by atomic mass is 9.79. The smallest absolute Gasteiger partial charge is 0.492 e. The van der Waals surface area contributed by atoms with Crippen molar-refractivity contribution in [2.45, 2.75) is 13.8 Å². The maximum Gasteiger partial charge on any atom is 0.492 e. The zero-order valence-electron chi connectivity index (χ0n) is 10.5. The van der Waals surface area contributed by atoms with Crippen LogP contribution in [-0.2, 0) is 0 Å². The third-order valence-corrected chi connectivity index (χ3v) is 2.76. The van der Waals surface area contributed by atoms with Crippen molar-refractivity contribution in [1.82, 2.24) is 4.90 Å². The summed E-state index contributed by atoms with van der Waals surface area (Å²) in [5.41, 5.74) is 0.409. The van der Waals surface area contributed by atoms with Gasteiger partial charge >= 0.3 is 7.12 Å². The second kappa shape index (κ2) is 7.32. The highest BCUT2D eigenvalue weighted by Gasteiger charge is 2.16. The third-order valence-electron chi connectivity index (χ3n) is 2.76. The molecular formula is C12H20BNO3. The lowest BCUT2D eigenvalue weighted by Crippen LogP contribution is -2.33. The van der Waals surface area contributed by atoms with Crippen molar-refractivity contribution in [2.24, 2.45) is 0 Å². The summed E-state index contributed by atoms with van der Waals surface area (Å²) < 4.78 is 5.57. The largest absolute Gasteiger partial charge is 0.493 e. The number of hydrogen-bond donors (Lipinski definition) is 2. The van der Waals surface area contributed by atoms with E-state index >= 15 is 0 Å². The van der Waals surface area contributed by atoms with E-state index in [9.17, 15) is 10.0 Å². The molecule has 0 heterocycles. The van der Waals surface area contributed by atoms with Gasteiger partial charge in [-0.15, -0.1) is 0 Å². The van der Waals surface area contributed by atoms with E-state index in [0.717, 1.165) is 19.6 Å². The summed E-state index contributed by atoms with van der Waals surface area (Å²) in [6.07, 6.45) is 0. The average Bonchev–Trinajstić information content (AvgIpc) is 2.35. The second-order valence-corrected chi connectivity index (χ2v) is 3.79. The van der Waals surface area contributed by atoms with Crippen LogP contribution in [0.5, 0.6) is 5.75 Å². The van der Waals surface area contributed by atoms with Crippen molar-refractivity contribution in [3.63, 3.8) is 0 Å². The van der Waals surface area contributed by atoms with Crippen molar-refractivity contribution < 1.29 is 14.8 Å². The van der Waals surface area contributed by atoms with Crippen LogP contribution in [0.4, 0.5) is 0 Å². The number of benzene rings is 1. The first-order valence-corrected chi connectivity index (χ1v) is 5.99. The molecule has 1 aromatic carbocycles. The average molecular weight is 237 g/mol. The molecule has 0 aliphatic carbocycles. The lowest BCUT2D eigenvalue weighted by Gasteiger charge is -2.18. The molecule has 1 aromatic rings. The molecule has 0 saturated heterocycles.